The van der Waals surface area contributed by atoms with Crippen LogP contribution in [-0.4, -0.2) is 38.4 Å². The molecule has 2 aliphatic rings. The number of benzene rings is 2. The van der Waals surface area contributed by atoms with E-state index in [0.717, 1.165) is 28.0 Å². The van der Waals surface area contributed by atoms with Gasteiger partial charge in [-0.2, -0.15) is 13.2 Å². The van der Waals surface area contributed by atoms with Gasteiger partial charge in [-0.15, -0.1) is 0 Å². The summed E-state index contributed by atoms with van der Waals surface area (Å²) in [5.74, 6) is 6.77. The van der Waals surface area contributed by atoms with Crippen LogP contribution in [0.4, 0.5) is 8.78 Å². The summed E-state index contributed by atoms with van der Waals surface area (Å²) in [4.78, 5) is 19.6. The number of rotatable bonds is 2. The zero-order valence-corrected chi connectivity index (χ0v) is 18.1. The fourth-order valence-corrected chi connectivity index (χ4v) is 5.24. The van der Waals surface area contributed by atoms with Crippen LogP contribution in [0.25, 0.3) is 11.0 Å². The molecule has 2 aromatic heterocycles. The fraction of sp³-hybridized carbons (Fsp3) is 0.208. The van der Waals surface area contributed by atoms with Crippen molar-refractivity contribution >= 4 is 28.5 Å². The van der Waals surface area contributed by atoms with Crippen LogP contribution < -0.4 is 4.74 Å². The highest BCUT2D eigenvalue weighted by Gasteiger charge is 2.44. The molecule has 6 rings (SSSR count). The monoisotopic (exact) mass is 462 g/mol. The lowest BCUT2D eigenvalue weighted by molar-refractivity contribution is -0.0507. The highest BCUT2D eigenvalue weighted by Crippen LogP contribution is 2.49. The number of carbonyl (C=O) groups excluding carboxylic acids is 1. The third kappa shape index (κ3) is 3.09. The molecule has 0 aliphatic carbocycles. The van der Waals surface area contributed by atoms with Gasteiger partial charge in [-0.05, 0) is 41.9 Å². The number of fused-ring (bicyclic) bond motifs is 9. The molecule has 2 atom stereocenters. The number of carbonyl (C=O) groups is 1. The van der Waals surface area contributed by atoms with E-state index >= 15 is 0 Å². The lowest BCUT2D eigenvalue weighted by Gasteiger charge is -2.24. The van der Waals surface area contributed by atoms with Crippen molar-refractivity contribution in [2.24, 2.45) is 0 Å². The van der Waals surface area contributed by atoms with Crippen molar-refractivity contribution in [3.8, 4) is 17.6 Å². The van der Waals surface area contributed by atoms with Crippen molar-refractivity contribution < 1.29 is 18.3 Å². The maximum absolute atomic E-state index is 13.2. The molecule has 0 N–H and O–H groups in total. The van der Waals surface area contributed by atoms with E-state index in [0.29, 0.717) is 17.5 Å². The molecule has 2 bridgehead atoms. The van der Waals surface area contributed by atoms with Gasteiger partial charge in [-0.3, -0.25) is 4.79 Å². The van der Waals surface area contributed by atoms with Crippen LogP contribution in [0.1, 0.15) is 51.4 Å². The van der Waals surface area contributed by atoms with Crippen molar-refractivity contribution in [2.75, 3.05) is 7.05 Å². The van der Waals surface area contributed by atoms with Crippen LogP contribution in [0.2, 0.25) is 0 Å². The minimum absolute atomic E-state index is 0.0190. The van der Waals surface area contributed by atoms with Crippen LogP contribution in [0.15, 0.2) is 48.0 Å². The van der Waals surface area contributed by atoms with Gasteiger partial charge in [0.25, 0.3) is 5.91 Å². The maximum atomic E-state index is 13.2. The van der Waals surface area contributed by atoms with E-state index in [9.17, 15) is 13.6 Å². The highest BCUT2D eigenvalue weighted by atomic mass is 32.1. The topological polar surface area (TPSA) is 60.3 Å². The number of ether oxygens (including phenoxy) is 1. The second-order valence-electron chi connectivity index (χ2n) is 7.99. The summed E-state index contributed by atoms with van der Waals surface area (Å²) in [6.07, 6.45) is 2.25. The predicted molar refractivity (Wildman–Crippen MR) is 118 cm³/mol. The molecule has 0 saturated heterocycles. The van der Waals surface area contributed by atoms with E-state index in [-0.39, 0.29) is 23.7 Å². The maximum Gasteiger partial charge on any atom is 0.387 e. The summed E-state index contributed by atoms with van der Waals surface area (Å²) in [5.41, 5.74) is 4.09. The summed E-state index contributed by atoms with van der Waals surface area (Å²) >= 11 is 1.34. The van der Waals surface area contributed by atoms with Crippen LogP contribution in [-0.2, 0) is 0 Å². The first-order valence-corrected chi connectivity index (χ1v) is 11.1. The molecule has 0 radical (unpaired) electrons. The SMILES string of the molecule is CN1C(=O)c2cccc(OC(F)F)c2[C@H]2C[C@@H]1c1nc3ccc(C#Cc4cnsc4)cc3n12. The summed E-state index contributed by atoms with van der Waals surface area (Å²) < 4.78 is 37.3. The number of hydrogen-bond donors (Lipinski definition) is 0. The normalized spacial score (nSPS) is 18.7. The van der Waals surface area contributed by atoms with Crippen LogP contribution in [0, 0.1) is 11.8 Å². The Hall–Kier alpha value is -3.77. The van der Waals surface area contributed by atoms with Gasteiger partial charge < -0.3 is 14.2 Å². The second-order valence-corrected chi connectivity index (χ2v) is 8.64. The Balaban J connectivity index is 1.55. The van der Waals surface area contributed by atoms with Gasteiger partial charge in [0.05, 0.1) is 34.9 Å². The molecular weight excluding hydrogens is 446 g/mol. The standard InChI is InChI=1S/C24H16F2N4O2S/c1-29-19-10-18(21-15(23(29)31)3-2-4-20(21)32-24(25)26)30-17-9-13(5-6-14-11-27-33-12-14)7-8-16(17)28-22(19)30/h2-4,7-9,11-12,18-19,24H,10H2,1H3/t18-,19-/m1/s1. The predicted octanol–water partition coefficient (Wildman–Crippen LogP) is 4.61. The molecule has 1 amide bonds. The molecule has 164 valence electrons. The Morgan fingerprint density at radius 1 is 1.18 bits per heavy atom. The van der Waals surface area contributed by atoms with E-state index in [1.165, 1.54) is 17.6 Å². The summed E-state index contributed by atoms with van der Waals surface area (Å²) in [5, 5.41) is 1.88. The zero-order valence-electron chi connectivity index (χ0n) is 17.3. The molecule has 0 spiro atoms. The number of amides is 1. The third-order valence-corrected chi connectivity index (χ3v) is 6.78. The Labute approximate surface area is 191 Å². The van der Waals surface area contributed by atoms with E-state index in [2.05, 4.69) is 16.2 Å². The average Bonchev–Trinajstić information content (AvgIpc) is 3.51. The van der Waals surface area contributed by atoms with Gasteiger partial charge in [0.15, 0.2) is 0 Å². The van der Waals surface area contributed by atoms with Crippen molar-refractivity contribution in [1.29, 1.82) is 0 Å². The lowest BCUT2D eigenvalue weighted by atomic mass is 9.97. The minimum Gasteiger partial charge on any atom is -0.434 e. The quantitative estimate of drug-likeness (QED) is 0.408. The molecule has 6 nitrogen and oxygen atoms in total. The van der Waals surface area contributed by atoms with Crippen molar-refractivity contribution in [3.05, 3.63) is 76.1 Å². The van der Waals surface area contributed by atoms with Crippen LogP contribution >= 0.6 is 11.5 Å². The van der Waals surface area contributed by atoms with Gasteiger partial charge in [-0.1, -0.05) is 17.9 Å². The fourth-order valence-electron chi connectivity index (χ4n) is 4.77. The van der Waals surface area contributed by atoms with Gasteiger partial charge in [0.1, 0.15) is 11.6 Å². The van der Waals surface area contributed by atoms with Crippen LogP contribution in [0.5, 0.6) is 5.75 Å². The zero-order chi connectivity index (χ0) is 22.7. The van der Waals surface area contributed by atoms with E-state index in [1.807, 2.05) is 28.1 Å². The van der Waals surface area contributed by atoms with Gasteiger partial charge >= 0.3 is 6.61 Å². The van der Waals surface area contributed by atoms with E-state index < -0.39 is 6.61 Å². The number of alkyl halides is 2. The van der Waals surface area contributed by atoms with E-state index in [4.69, 9.17) is 9.72 Å². The Morgan fingerprint density at radius 3 is 2.82 bits per heavy atom. The molecule has 2 aromatic carbocycles. The first kappa shape index (κ1) is 19.9. The summed E-state index contributed by atoms with van der Waals surface area (Å²) in [6, 6.07) is 9.84. The molecule has 0 saturated carbocycles. The molecule has 0 unspecified atom stereocenters. The molecular formula is C24H16F2N4O2S. The highest BCUT2D eigenvalue weighted by molar-refractivity contribution is 7.03. The number of aromatic nitrogens is 3. The summed E-state index contributed by atoms with van der Waals surface area (Å²) in [6.45, 7) is -2.99. The minimum atomic E-state index is -2.99. The molecule has 0 fully saturated rings. The van der Waals surface area contributed by atoms with E-state index in [1.54, 1.807) is 30.3 Å². The first-order chi connectivity index (χ1) is 16.0. The largest absolute Gasteiger partial charge is 0.434 e. The third-order valence-electron chi connectivity index (χ3n) is 6.19. The Bertz CT molecular complexity index is 1470. The Morgan fingerprint density at radius 2 is 2.03 bits per heavy atom. The smallest absolute Gasteiger partial charge is 0.387 e. The molecule has 4 aromatic rings. The molecule has 33 heavy (non-hydrogen) atoms. The van der Waals surface area contributed by atoms with Crippen molar-refractivity contribution in [2.45, 2.75) is 25.1 Å². The second kappa shape index (κ2) is 7.39. The lowest BCUT2D eigenvalue weighted by Crippen LogP contribution is -2.30. The van der Waals surface area contributed by atoms with Gasteiger partial charge in [-0.25, -0.2) is 4.98 Å². The molecule has 2 aliphatic heterocycles. The first-order valence-electron chi connectivity index (χ1n) is 10.3. The van der Waals surface area contributed by atoms with Gasteiger partial charge in [0, 0.05) is 35.5 Å². The number of imidazole rings is 1. The molecule has 9 heteroatoms. The van der Waals surface area contributed by atoms with Crippen LogP contribution in [0.3, 0.4) is 0 Å². The molecule has 4 heterocycles. The summed E-state index contributed by atoms with van der Waals surface area (Å²) in [7, 11) is 1.72. The van der Waals surface area contributed by atoms with Crippen molar-refractivity contribution in [3.63, 3.8) is 0 Å². The number of nitrogens with zero attached hydrogens (tertiary/aromatic N) is 4. The van der Waals surface area contributed by atoms with Crippen molar-refractivity contribution in [1.82, 2.24) is 18.8 Å². The van der Waals surface area contributed by atoms with Gasteiger partial charge in [0.2, 0.25) is 0 Å². The Kier molecular flexibility index (Phi) is 4.45. The average molecular weight is 462 g/mol. The number of halogens is 2. The number of hydrogen-bond acceptors (Lipinski definition) is 5.